The Morgan fingerprint density at radius 1 is 1.19 bits per heavy atom. The van der Waals surface area contributed by atoms with Crippen molar-refractivity contribution in [3.8, 4) is 0 Å². The van der Waals surface area contributed by atoms with Crippen LogP contribution in [0.2, 0.25) is 0 Å². The topological polar surface area (TPSA) is 46.3 Å². The molecule has 3 rings (SSSR count). The molecular weight excluding hydrogens is 260 g/mol. The molecule has 0 radical (unpaired) electrons. The van der Waals surface area contributed by atoms with Gasteiger partial charge >= 0.3 is 0 Å². The fourth-order valence-corrected chi connectivity index (χ4v) is 3.13. The van der Waals surface area contributed by atoms with E-state index in [0.29, 0.717) is 13.0 Å². The van der Waals surface area contributed by atoms with Gasteiger partial charge in [0.1, 0.15) is 0 Å². The number of nitrogens with two attached hydrogens (primary N) is 1. The fraction of sp³-hybridized carbons (Fsp3) is 0.389. The molecule has 0 bridgehead atoms. The molecule has 1 fully saturated rings. The molecule has 1 saturated carbocycles. The van der Waals surface area contributed by atoms with Crippen LogP contribution in [-0.2, 0) is 4.79 Å². The van der Waals surface area contributed by atoms with Gasteiger partial charge < -0.3 is 10.6 Å². The van der Waals surface area contributed by atoms with Crippen LogP contribution in [0.25, 0.3) is 10.8 Å². The van der Waals surface area contributed by atoms with E-state index in [-0.39, 0.29) is 11.4 Å². The quantitative estimate of drug-likeness (QED) is 0.933. The highest BCUT2D eigenvalue weighted by atomic mass is 16.2. The highest BCUT2D eigenvalue weighted by molar-refractivity contribution is 6.04. The summed E-state index contributed by atoms with van der Waals surface area (Å²) in [7, 11) is 0. The monoisotopic (exact) mass is 282 g/mol. The zero-order chi connectivity index (χ0) is 14.9. The molecule has 2 aromatic rings. The molecule has 1 aliphatic carbocycles. The van der Waals surface area contributed by atoms with Crippen LogP contribution < -0.4 is 10.6 Å². The number of anilines is 1. The van der Waals surface area contributed by atoms with E-state index in [1.165, 1.54) is 0 Å². The zero-order valence-electron chi connectivity index (χ0n) is 12.5. The zero-order valence-corrected chi connectivity index (χ0v) is 12.5. The first-order valence-electron chi connectivity index (χ1n) is 7.70. The van der Waals surface area contributed by atoms with Gasteiger partial charge in [0.2, 0.25) is 5.91 Å². The van der Waals surface area contributed by atoms with Crippen LogP contribution in [0.4, 0.5) is 5.69 Å². The lowest BCUT2D eigenvalue weighted by Gasteiger charge is -2.39. The Kier molecular flexibility index (Phi) is 3.68. The second-order valence-corrected chi connectivity index (χ2v) is 6.03. The van der Waals surface area contributed by atoms with Crippen molar-refractivity contribution in [2.75, 3.05) is 11.4 Å². The first-order chi connectivity index (χ1) is 10.1. The molecule has 3 heteroatoms. The van der Waals surface area contributed by atoms with Crippen LogP contribution in [0, 0.1) is 0 Å². The van der Waals surface area contributed by atoms with Crippen molar-refractivity contribution in [3.63, 3.8) is 0 Å². The summed E-state index contributed by atoms with van der Waals surface area (Å²) in [5.41, 5.74) is 6.96. The third-order valence-electron chi connectivity index (χ3n) is 4.53. The number of rotatable bonds is 4. The summed E-state index contributed by atoms with van der Waals surface area (Å²) >= 11 is 0. The number of amides is 1. The predicted octanol–water partition coefficient (Wildman–Crippen LogP) is 3.46. The van der Waals surface area contributed by atoms with Crippen LogP contribution in [0.3, 0.4) is 0 Å². The van der Waals surface area contributed by atoms with Gasteiger partial charge in [-0.15, -0.1) is 0 Å². The van der Waals surface area contributed by atoms with Crippen molar-refractivity contribution < 1.29 is 4.79 Å². The third-order valence-corrected chi connectivity index (χ3v) is 4.53. The van der Waals surface area contributed by atoms with Crippen molar-refractivity contribution in [2.45, 2.75) is 38.1 Å². The molecule has 2 aromatic carbocycles. The maximum absolute atomic E-state index is 12.7. The molecular formula is C18H22N2O. The SMILES string of the molecule is CCN(C(=O)CC1(N)CCC1)c1cccc2ccccc12. The van der Waals surface area contributed by atoms with Crippen LogP contribution in [0.1, 0.15) is 32.6 Å². The largest absolute Gasteiger partial charge is 0.325 e. The molecule has 0 atom stereocenters. The summed E-state index contributed by atoms with van der Waals surface area (Å²) in [6, 6.07) is 14.3. The molecule has 0 aliphatic heterocycles. The summed E-state index contributed by atoms with van der Waals surface area (Å²) in [5, 5.41) is 2.28. The van der Waals surface area contributed by atoms with Gasteiger partial charge in [-0.25, -0.2) is 0 Å². The van der Waals surface area contributed by atoms with Crippen LogP contribution in [-0.4, -0.2) is 18.0 Å². The number of hydrogen-bond donors (Lipinski definition) is 1. The van der Waals surface area contributed by atoms with E-state index >= 15 is 0 Å². The van der Waals surface area contributed by atoms with Gasteiger partial charge in [0.15, 0.2) is 0 Å². The van der Waals surface area contributed by atoms with E-state index in [2.05, 4.69) is 18.2 Å². The highest BCUT2D eigenvalue weighted by Crippen LogP contribution is 2.34. The van der Waals surface area contributed by atoms with Crippen LogP contribution in [0.5, 0.6) is 0 Å². The van der Waals surface area contributed by atoms with Crippen molar-refractivity contribution >= 4 is 22.4 Å². The Morgan fingerprint density at radius 3 is 2.57 bits per heavy atom. The summed E-state index contributed by atoms with van der Waals surface area (Å²) < 4.78 is 0. The van der Waals surface area contributed by atoms with Gasteiger partial charge in [0.25, 0.3) is 0 Å². The maximum Gasteiger partial charge on any atom is 0.228 e. The Balaban J connectivity index is 1.92. The van der Waals surface area contributed by atoms with Crippen LogP contribution >= 0.6 is 0 Å². The van der Waals surface area contributed by atoms with E-state index in [9.17, 15) is 4.79 Å². The van der Waals surface area contributed by atoms with Crippen molar-refractivity contribution in [3.05, 3.63) is 42.5 Å². The molecule has 0 spiro atoms. The molecule has 1 amide bonds. The molecule has 0 unspecified atom stereocenters. The summed E-state index contributed by atoms with van der Waals surface area (Å²) in [5.74, 6) is 0.135. The summed E-state index contributed by atoms with van der Waals surface area (Å²) in [4.78, 5) is 14.5. The van der Waals surface area contributed by atoms with Crippen molar-refractivity contribution in [2.24, 2.45) is 5.73 Å². The van der Waals surface area contributed by atoms with Gasteiger partial charge in [-0.3, -0.25) is 4.79 Å². The first kappa shape index (κ1) is 14.1. The fourth-order valence-electron chi connectivity index (χ4n) is 3.13. The standard InChI is InChI=1S/C18H22N2O/c1-2-20(17(21)13-18(19)11-6-12-18)16-10-5-8-14-7-3-4-9-15(14)16/h3-5,7-10H,2,6,11-13,19H2,1H3. The molecule has 0 heterocycles. The van der Waals surface area contributed by atoms with E-state index < -0.39 is 0 Å². The number of carbonyl (C=O) groups excluding carboxylic acids is 1. The van der Waals surface area contributed by atoms with Gasteiger partial charge in [0.05, 0.1) is 5.69 Å². The Morgan fingerprint density at radius 2 is 1.90 bits per heavy atom. The predicted molar refractivity (Wildman–Crippen MR) is 87.4 cm³/mol. The second kappa shape index (κ2) is 5.49. The van der Waals surface area contributed by atoms with E-state index in [1.807, 2.05) is 36.1 Å². The highest BCUT2D eigenvalue weighted by Gasteiger charge is 2.36. The third kappa shape index (κ3) is 2.66. The lowest BCUT2D eigenvalue weighted by Crippen LogP contribution is -2.50. The minimum Gasteiger partial charge on any atom is -0.325 e. The maximum atomic E-state index is 12.7. The van der Waals surface area contributed by atoms with E-state index in [4.69, 9.17) is 5.73 Å². The Hall–Kier alpha value is -1.87. The number of hydrogen-bond acceptors (Lipinski definition) is 2. The van der Waals surface area contributed by atoms with E-state index in [1.54, 1.807) is 0 Å². The number of benzene rings is 2. The smallest absolute Gasteiger partial charge is 0.228 e. The average Bonchev–Trinajstić information content (AvgIpc) is 2.46. The first-order valence-corrected chi connectivity index (χ1v) is 7.70. The number of fused-ring (bicyclic) bond motifs is 1. The number of carbonyl (C=O) groups is 1. The summed E-state index contributed by atoms with van der Waals surface area (Å²) in [6.45, 7) is 2.69. The van der Waals surface area contributed by atoms with Crippen LogP contribution in [0.15, 0.2) is 42.5 Å². The van der Waals surface area contributed by atoms with Gasteiger partial charge in [-0.05, 0) is 37.6 Å². The molecule has 3 nitrogen and oxygen atoms in total. The molecule has 2 N–H and O–H groups in total. The molecule has 0 aromatic heterocycles. The van der Waals surface area contributed by atoms with Crippen molar-refractivity contribution in [1.82, 2.24) is 0 Å². The number of nitrogens with zero attached hydrogens (tertiary/aromatic N) is 1. The van der Waals surface area contributed by atoms with Gasteiger partial charge in [0, 0.05) is 23.9 Å². The molecule has 21 heavy (non-hydrogen) atoms. The average molecular weight is 282 g/mol. The minimum atomic E-state index is -0.269. The minimum absolute atomic E-state index is 0.135. The lowest BCUT2D eigenvalue weighted by molar-refractivity contribution is -0.120. The summed E-state index contributed by atoms with van der Waals surface area (Å²) in [6.07, 6.45) is 3.52. The molecule has 1 aliphatic rings. The molecule has 110 valence electrons. The van der Waals surface area contributed by atoms with Gasteiger partial charge in [-0.1, -0.05) is 36.4 Å². The normalized spacial score (nSPS) is 16.5. The van der Waals surface area contributed by atoms with Crippen molar-refractivity contribution in [1.29, 1.82) is 0 Å². The van der Waals surface area contributed by atoms with Gasteiger partial charge in [-0.2, -0.15) is 0 Å². The molecule has 0 saturated heterocycles. The second-order valence-electron chi connectivity index (χ2n) is 6.03. The van der Waals surface area contributed by atoms with E-state index in [0.717, 1.165) is 35.7 Å². The Bertz CT molecular complexity index is 656. The lowest BCUT2D eigenvalue weighted by atomic mass is 9.75. The Labute approximate surface area is 125 Å².